The third-order valence-corrected chi connectivity index (χ3v) is 3.88. The summed E-state index contributed by atoms with van der Waals surface area (Å²) >= 11 is 0. The molecule has 0 saturated carbocycles. The fourth-order valence-corrected chi connectivity index (χ4v) is 1.94. The molecule has 0 saturated heterocycles. The topological polar surface area (TPSA) is 74.7 Å². The number of carboxylic acids is 1. The molecule has 0 bridgehead atoms. The van der Waals surface area contributed by atoms with Crippen LogP contribution in [0.4, 0.5) is 0 Å². The molecular weight excluding hydrogens is 194 g/mol. The molecule has 0 aromatic rings. The molecule has 0 amide bonds. The maximum atomic E-state index is 11.3. The number of aliphatic carboxylic acids is 1. The Morgan fingerprint density at radius 1 is 1.38 bits per heavy atom. The van der Waals surface area contributed by atoms with E-state index in [1.54, 1.807) is 0 Å². The van der Waals surface area contributed by atoms with Crippen LogP contribution in [-0.4, -0.2) is 43.6 Å². The molecule has 6 heteroatoms. The van der Waals surface area contributed by atoms with Crippen LogP contribution < -0.4 is 0 Å². The van der Waals surface area contributed by atoms with Gasteiger partial charge in [-0.15, -0.1) is 0 Å². The van der Waals surface area contributed by atoms with Crippen molar-refractivity contribution in [1.29, 1.82) is 0 Å². The van der Waals surface area contributed by atoms with Crippen LogP contribution in [0.15, 0.2) is 0 Å². The summed E-state index contributed by atoms with van der Waals surface area (Å²) in [5, 5.41) is 8.70. The molecule has 0 radical (unpaired) electrons. The van der Waals surface area contributed by atoms with Gasteiger partial charge in [0, 0.05) is 14.1 Å². The highest BCUT2D eigenvalue weighted by Crippen LogP contribution is 2.18. The van der Waals surface area contributed by atoms with Crippen molar-refractivity contribution in [1.82, 2.24) is 4.31 Å². The van der Waals surface area contributed by atoms with Crippen LogP contribution in [0.3, 0.4) is 0 Å². The first-order valence-corrected chi connectivity index (χ1v) is 5.34. The maximum Gasteiger partial charge on any atom is 0.310 e. The van der Waals surface area contributed by atoms with Crippen LogP contribution in [0.1, 0.15) is 13.8 Å². The highest BCUT2D eigenvalue weighted by molar-refractivity contribution is 7.89. The molecule has 0 rings (SSSR count). The second-order valence-electron chi connectivity index (χ2n) is 3.73. The third-order valence-electron chi connectivity index (χ3n) is 1.68. The molecule has 0 aliphatic heterocycles. The zero-order valence-corrected chi connectivity index (χ0v) is 9.05. The molecule has 78 valence electrons. The van der Waals surface area contributed by atoms with Gasteiger partial charge in [0.15, 0.2) is 0 Å². The van der Waals surface area contributed by atoms with Crippen molar-refractivity contribution in [3.05, 3.63) is 0 Å². The first kappa shape index (κ1) is 12.4. The van der Waals surface area contributed by atoms with Crippen molar-refractivity contribution in [3.8, 4) is 0 Å². The molecule has 0 fully saturated rings. The Hall–Kier alpha value is -0.620. The molecule has 5 nitrogen and oxygen atoms in total. The third kappa shape index (κ3) is 3.31. The fourth-order valence-electron chi connectivity index (χ4n) is 0.647. The van der Waals surface area contributed by atoms with E-state index in [1.165, 1.54) is 27.9 Å². The van der Waals surface area contributed by atoms with E-state index >= 15 is 0 Å². The molecule has 0 spiro atoms. The Bertz CT molecular complexity index is 292. The fraction of sp³-hybridized carbons (Fsp3) is 0.857. The molecular formula is C7H15NO4S. The predicted octanol–water partition coefficient (Wildman–Crippen LogP) is -0.0114. The number of hydrogen-bond acceptors (Lipinski definition) is 3. The van der Waals surface area contributed by atoms with Crippen LogP contribution in [0.25, 0.3) is 0 Å². The minimum absolute atomic E-state index is 0.387. The van der Waals surface area contributed by atoms with Crippen molar-refractivity contribution in [3.63, 3.8) is 0 Å². The van der Waals surface area contributed by atoms with Crippen molar-refractivity contribution in [2.75, 3.05) is 19.8 Å². The lowest BCUT2D eigenvalue weighted by Gasteiger charge is -2.21. The standard InChI is InChI=1S/C7H15NO4S/c1-7(2,6(9)10)5-13(11,12)8(3)4/h5H2,1-4H3,(H,9,10). The molecule has 0 atom stereocenters. The van der Waals surface area contributed by atoms with Gasteiger partial charge in [-0.2, -0.15) is 0 Å². The second-order valence-corrected chi connectivity index (χ2v) is 5.91. The number of sulfonamides is 1. The highest BCUT2D eigenvalue weighted by atomic mass is 32.2. The van der Waals surface area contributed by atoms with Crippen LogP contribution in [0, 0.1) is 5.41 Å². The van der Waals surface area contributed by atoms with Gasteiger partial charge in [0.05, 0.1) is 11.2 Å². The largest absolute Gasteiger partial charge is 0.481 e. The van der Waals surface area contributed by atoms with Gasteiger partial charge in [0.1, 0.15) is 0 Å². The number of hydrogen-bond donors (Lipinski definition) is 1. The van der Waals surface area contributed by atoms with E-state index in [-0.39, 0.29) is 5.75 Å². The summed E-state index contributed by atoms with van der Waals surface area (Å²) in [6, 6.07) is 0. The average Bonchev–Trinajstić information content (AvgIpc) is 1.83. The number of carboxylic acid groups (broad SMARTS) is 1. The van der Waals surface area contributed by atoms with Crippen LogP contribution >= 0.6 is 0 Å². The normalized spacial score (nSPS) is 13.3. The van der Waals surface area contributed by atoms with Crippen LogP contribution in [0.2, 0.25) is 0 Å². The molecule has 0 heterocycles. The summed E-state index contributed by atoms with van der Waals surface area (Å²) in [7, 11) is -0.684. The summed E-state index contributed by atoms with van der Waals surface area (Å²) in [6.07, 6.45) is 0. The Kier molecular flexibility index (Phi) is 3.46. The van der Waals surface area contributed by atoms with E-state index in [0.717, 1.165) is 4.31 Å². The number of rotatable bonds is 4. The van der Waals surface area contributed by atoms with Gasteiger partial charge in [-0.1, -0.05) is 0 Å². The molecule has 0 unspecified atom stereocenters. The predicted molar refractivity (Wildman–Crippen MR) is 48.9 cm³/mol. The summed E-state index contributed by atoms with van der Waals surface area (Å²) in [4.78, 5) is 10.6. The van der Waals surface area contributed by atoms with Crippen molar-refractivity contribution in [2.24, 2.45) is 5.41 Å². The molecule has 0 aliphatic carbocycles. The quantitative estimate of drug-likeness (QED) is 0.706. The Labute approximate surface area is 78.4 Å². The van der Waals surface area contributed by atoms with E-state index in [9.17, 15) is 13.2 Å². The summed E-state index contributed by atoms with van der Waals surface area (Å²) in [6.45, 7) is 2.77. The zero-order chi connectivity index (χ0) is 10.9. The van der Waals surface area contributed by atoms with E-state index < -0.39 is 21.4 Å². The minimum atomic E-state index is -3.45. The maximum absolute atomic E-state index is 11.3. The molecule has 0 aliphatic rings. The van der Waals surface area contributed by atoms with Crippen molar-refractivity contribution >= 4 is 16.0 Å². The Morgan fingerprint density at radius 3 is 2.00 bits per heavy atom. The Morgan fingerprint density at radius 2 is 1.77 bits per heavy atom. The lowest BCUT2D eigenvalue weighted by atomic mass is 9.97. The molecule has 0 aromatic carbocycles. The summed E-state index contributed by atoms with van der Waals surface area (Å²) in [5.74, 6) is -1.50. The highest BCUT2D eigenvalue weighted by Gasteiger charge is 2.34. The molecule has 1 N–H and O–H groups in total. The molecule has 13 heavy (non-hydrogen) atoms. The van der Waals surface area contributed by atoms with Gasteiger partial charge in [-0.3, -0.25) is 4.79 Å². The Balaban J connectivity index is 4.73. The number of nitrogens with zero attached hydrogens (tertiary/aromatic N) is 1. The van der Waals surface area contributed by atoms with Crippen molar-refractivity contribution in [2.45, 2.75) is 13.8 Å². The van der Waals surface area contributed by atoms with E-state index in [4.69, 9.17) is 5.11 Å². The average molecular weight is 209 g/mol. The van der Waals surface area contributed by atoms with Gasteiger partial charge in [0.25, 0.3) is 0 Å². The first-order chi connectivity index (χ1) is 5.59. The minimum Gasteiger partial charge on any atom is -0.481 e. The van der Waals surface area contributed by atoms with Gasteiger partial charge in [-0.25, -0.2) is 12.7 Å². The first-order valence-electron chi connectivity index (χ1n) is 3.73. The lowest BCUT2D eigenvalue weighted by molar-refractivity contribution is -0.145. The van der Waals surface area contributed by atoms with Gasteiger partial charge < -0.3 is 5.11 Å². The summed E-state index contributed by atoms with van der Waals surface area (Å²) in [5.41, 5.74) is -1.25. The van der Waals surface area contributed by atoms with Gasteiger partial charge in [0.2, 0.25) is 10.0 Å². The second kappa shape index (κ2) is 3.63. The summed E-state index contributed by atoms with van der Waals surface area (Å²) < 4.78 is 23.7. The van der Waals surface area contributed by atoms with E-state index in [2.05, 4.69) is 0 Å². The lowest BCUT2D eigenvalue weighted by Crippen LogP contribution is -2.37. The number of carbonyl (C=O) groups is 1. The smallest absolute Gasteiger partial charge is 0.310 e. The van der Waals surface area contributed by atoms with Crippen LogP contribution in [0.5, 0.6) is 0 Å². The monoisotopic (exact) mass is 209 g/mol. The van der Waals surface area contributed by atoms with Gasteiger partial charge in [-0.05, 0) is 13.8 Å². The van der Waals surface area contributed by atoms with Crippen molar-refractivity contribution < 1.29 is 18.3 Å². The van der Waals surface area contributed by atoms with E-state index in [0.29, 0.717) is 0 Å². The molecule has 0 aromatic heterocycles. The van der Waals surface area contributed by atoms with Gasteiger partial charge >= 0.3 is 5.97 Å². The van der Waals surface area contributed by atoms with E-state index in [1.807, 2.05) is 0 Å². The van der Waals surface area contributed by atoms with Crippen LogP contribution in [-0.2, 0) is 14.8 Å². The zero-order valence-electron chi connectivity index (χ0n) is 8.23. The SMILES string of the molecule is CN(C)S(=O)(=O)CC(C)(C)C(=O)O.